The summed E-state index contributed by atoms with van der Waals surface area (Å²) in [5.41, 5.74) is 3.77. The van der Waals surface area contributed by atoms with Gasteiger partial charge < -0.3 is 0 Å². The molecule has 0 aliphatic carbocycles. The molecule has 92 valence electrons. The maximum atomic E-state index is 12.0. The van der Waals surface area contributed by atoms with Gasteiger partial charge in [-0.15, -0.1) is 0 Å². The number of fused-ring (bicyclic) bond motifs is 1. The van der Waals surface area contributed by atoms with Crippen molar-refractivity contribution in [2.24, 2.45) is 0 Å². The second kappa shape index (κ2) is 4.66. The Morgan fingerprint density at radius 3 is 2.94 bits per heavy atom. The van der Waals surface area contributed by atoms with Crippen molar-refractivity contribution in [1.82, 2.24) is 25.4 Å². The van der Waals surface area contributed by atoms with Gasteiger partial charge in [-0.05, 0) is 25.0 Å². The quantitative estimate of drug-likeness (QED) is 0.843. The van der Waals surface area contributed by atoms with E-state index in [2.05, 4.69) is 20.4 Å². The molecule has 6 nitrogen and oxygen atoms in total. The van der Waals surface area contributed by atoms with Crippen LogP contribution in [0, 0.1) is 0 Å². The van der Waals surface area contributed by atoms with Gasteiger partial charge in [-0.1, -0.05) is 0 Å². The number of hydrogen-bond donors (Lipinski definition) is 1. The van der Waals surface area contributed by atoms with Crippen molar-refractivity contribution < 1.29 is 4.79 Å². The van der Waals surface area contributed by atoms with Crippen LogP contribution < -0.4 is 5.43 Å². The molecule has 0 atom stereocenters. The molecule has 1 fully saturated rings. The minimum absolute atomic E-state index is 0.183. The number of amides is 1. The molecule has 0 radical (unpaired) electrons. The van der Waals surface area contributed by atoms with Gasteiger partial charge in [0.15, 0.2) is 5.65 Å². The lowest BCUT2D eigenvalue weighted by Crippen LogP contribution is -2.40. The van der Waals surface area contributed by atoms with Crippen LogP contribution in [0.4, 0.5) is 0 Å². The third kappa shape index (κ3) is 2.14. The normalized spacial score (nSPS) is 16.0. The van der Waals surface area contributed by atoms with Gasteiger partial charge in [0.05, 0.1) is 0 Å². The summed E-state index contributed by atoms with van der Waals surface area (Å²) in [6.45, 7) is 1.81. The molecule has 2 aromatic rings. The van der Waals surface area contributed by atoms with Crippen LogP contribution in [0.2, 0.25) is 0 Å². The molecular weight excluding hydrogens is 230 g/mol. The highest BCUT2D eigenvalue weighted by atomic mass is 16.2. The van der Waals surface area contributed by atoms with Gasteiger partial charge in [0.25, 0.3) is 5.91 Å². The van der Waals surface area contributed by atoms with Crippen molar-refractivity contribution in [1.29, 1.82) is 0 Å². The van der Waals surface area contributed by atoms with Crippen molar-refractivity contribution in [3.63, 3.8) is 0 Å². The second-order valence-electron chi connectivity index (χ2n) is 4.27. The number of pyridine rings is 1. The van der Waals surface area contributed by atoms with Crippen LogP contribution in [0.15, 0.2) is 24.7 Å². The Kier molecular flexibility index (Phi) is 2.85. The number of hydrazine groups is 1. The molecule has 1 aliphatic rings. The Bertz CT molecular complexity index is 579. The zero-order valence-corrected chi connectivity index (χ0v) is 9.83. The minimum Gasteiger partial charge on any atom is -0.283 e. The minimum atomic E-state index is -0.183. The maximum Gasteiger partial charge on any atom is 0.284 e. The third-order valence-corrected chi connectivity index (χ3v) is 2.96. The predicted molar refractivity (Wildman–Crippen MR) is 65.6 cm³/mol. The largest absolute Gasteiger partial charge is 0.284 e. The molecule has 3 rings (SSSR count). The SMILES string of the molecule is O=C(NN1CCCC1)c1ccc2cncnc2n1. The fourth-order valence-corrected chi connectivity index (χ4v) is 2.02. The number of nitrogens with one attached hydrogen (secondary N) is 1. The molecule has 1 amide bonds. The lowest BCUT2D eigenvalue weighted by molar-refractivity contribution is 0.0821. The average Bonchev–Trinajstić information content (AvgIpc) is 2.91. The number of hydrogen-bond acceptors (Lipinski definition) is 5. The monoisotopic (exact) mass is 243 g/mol. The molecule has 18 heavy (non-hydrogen) atoms. The van der Waals surface area contributed by atoms with Crippen LogP contribution in [0.1, 0.15) is 23.3 Å². The first-order valence-electron chi connectivity index (χ1n) is 5.95. The van der Waals surface area contributed by atoms with E-state index >= 15 is 0 Å². The Morgan fingerprint density at radius 1 is 1.28 bits per heavy atom. The summed E-state index contributed by atoms with van der Waals surface area (Å²) in [6.07, 6.45) is 5.35. The van der Waals surface area contributed by atoms with Gasteiger partial charge in [-0.3, -0.25) is 10.2 Å². The number of aromatic nitrogens is 3. The highest BCUT2D eigenvalue weighted by Gasteiger charge is 2.16. The van der Waals surface area contributed by atoms with Crippen molar-refractivity contribution in [2.45, 2.75) is 12.8 Å². The Balaban J connectivity index is 1.82. The van der Waals surface area contributed by atoms with E-state index in [1.807, 2.05) is 5.01 Å². The zero-order valence-electron chi connectivity index (χ0n) is 9.83. The summed E-state index contributed by atoms with van der Waals surface area (Å²) in [4.78, 5) is 24.2. The number of rotatable bonds is 2. The van der Waals surface area contributed by atoms with Crippen LogP contribution in [-0.4, -0.2) is 39.0 Å². The number of carbonyl (C=O) groups is 1. The summed E-state index contributed by atoms with van der Waals surface area (Å²) in [6, 6.07) is 3.50. The summed E-state index contributed by atoms with van der Waals surface area (Å²) >= 11 is 0. The number of nitrogens with zero attached hydrogens (tertiary/aromatic N) is 4. The van der Waals surface area contributed by atoms with Crippen molar-refractivity contribution >= 4 is 16.9 Å². The van der Waals surface area contributed by atoms with E-state index in [4.69, 9.17) is 0 Å². The number of carbonyl (C=O) groups excluding carboxylic acids is 1. The molecule has 1 N–H and O–H groups in total. The molecular formula is C12H13N5O. The van der Waals surface area contributed by atoms with Crippen molar-refractivity contribution in [3.05, 3.63) is 30.4 Å². The first-order valence-corrected chi connectivity index (χ1v) is 5.95. The summed E-state index contributed by atoms with van der Waals surface area (Å²) in [7, 11) is 0. The van der Waals surface area contributed by atoms with Crippen LogP contribution in [-0.2, 0) is 0 Å². The van der Waals surface area contributed by atoms with Crippen molar-refractivity contribution in [2.75, 3.05) is 13.1 Å². The van der Waals surface area contributed by atoms with Crippen molar-refractivity contribution in [3.8, 4) is 0 Å². The van der Waals surface area contributed by atoms with Crippen LogP contribution >= 0.6 is 0 Å². The fourth-order valence-electron chi connectivity index (χ4n) is 2.02. The van der Waals surface area contributed by atoms with E-state index in [1.54, 1.807) is 18.3 Å². The van der Waals surface area contributed by atoms with Gasteiger partial charge >= 0.3 is 0 Å². The molecule has 2 aromatic heterocycles. The molecule has 1 saturated heterocycles. The van der Waals surface area contributed by atoms with E-state index in [0.717, 1.165) is 31.3 Å². The Labute approximate surface area is 104 Å². The highest BCUT2D eigenvalue weighted by molar-refractivity contribution is 5.93. The summed E-state index contributed by atoms with van der Waals surface area (Å²) in [5.74, 6) is -0.183. The van der Waals surface area contributed by atoms with E-state index in [9.17, 15) is 4.79 Å². The third-order valence-electron chi connectivity index (χ3n) is 2.96. The van der Waals surface area contributed by atoms with Gasteiger partial charge in [0.2, 0.25) is 0 Å². The van der Waals surface area contributed by atoms with E-state index in [-0.39, 0.29) is 5.91 Å². The lowest BCUT2D eigenvalue weighted by atomic mass is 10.3. The van der Waals surface area contributed by atoms with Gasteiger partial charge in [-0.2, -0.15) is 0 Å². The first kappa shape index (κ1) is 11.0. The van der Waals surface area contributed by atoms with E-state index in [1.165, 1.54) is 6.33 Å². The molecule has 6 heteroatoms. The van der Waals surface area contributed by atoms with Crippen LogP contribution in [0.3, 0.4) is 0 Å². The molecule has 0 unspecified atom stereocenters. The molecule has 0 spiro atoms. The molecule has 0 bridgehead atoms. The topological polar surface area (TPSA) is 71.0 Å². The average molecular weight is 243 g/mol. The highest BCUT2D eigenvalue weighted by Crippen LogP contribution is 2.09. The molecule has 1 aliphatic heterocycles. The molecule has 0 aromatic carbocycles. The van der Waals surface area contributed by atoms with Gasteiger partial charge in [-0.25, -0.2) is 20.0 Å². The zero-order chi connectivity index (χ0) is 12.4. The van der Waals surface area contributed by atoms with E-state index < -0.39 is 0 Å². The van der Waals surface area contributed by atoms with Gasteiger partial charge in [0.1, 0.15) is 12.0 Å². The van der Waals surface area contributed by atoms with Crippen LogP contribution in [0.25, 0.3) is 11.0 Å². The fraction of sp³-hybridized carbons (Fsp3) is 0.333. The smallest absolute Gasteiger partial charge is 0.283 e. The molecule has 0 saturated carbocycles. The van der Waals surface area contributed by atoms with Crippen LogP contribution in [0.5, 0.6) is 0 Å². The molecule has 3 heterocycles. The summed E-state index contributed by atoms with van der Waals surface area (Å²) in [5, 5.41) is 2.75. The second-order valence-corrected chi connectivity index (χ2v) is 4.27. The predicted octanol–water partition coefficient (Wildman–Crippen LogP) is 0.765. The standard InChI is InChI=1S/C12H13N5O/c18-12(16-17-5-1-2-6-17)10-4-3-9-7-13-8-14-11(9)15-10/h3-4,7-8H,1-2,5-6H2,(H,16,18). The Morgan fingerprint density at radius 2 is 2.11 bits per heavy atom. The summed E-state index contributed by atoms with van der Waals surface area (Å²) < 4.78 is 0. The first-order chi connectivity index (χ1) is 8.83. The maximum absolute atomic E-state index is 12.0. The Hall–Kier alpha value is -2.08. The van der Waals surface area contributed by atoms with E-state index in [0.29, 0.717) is 11.3 Å². The van der Waals surface area contributed by atoms with Gasteiger partial charge in [0, 0.05) is 24.7 Å². The lowest BCUT2D eigenvalue weighted by Gasteiger charge is -2.15.